The Labute approximate surface area is 106 Å². The van der Waals surface area contributed by atoms with Crippen molar-refractivity contribution in [3.63, 3.8) is 0 Å². The Hall–Kier alpha value is -0.120. The number of nitrogens with zero attached hydrogens (tertiary/aromatic N) is 1. The van der Waals surface area contributed by atoms with Gasteiger partial charge in [0.25, 0.3) is 0 Å². The molecule has 0 bridgehead atoms. The highest BCUT2D eigenvalue weighted by Gasteiger charge is 2.37. The summed E-state index contributed by atoms with van der Waals surface area (Å²) in [6.07, 6.45) is 5.56. The molecule has 0 saturated carbocycles. The molecule has 2 rings (SSSR count). The van der Waals surface area contributed by atoms with Gasteiger partial charge in [-0.25, -0.2) is 0 Å². The van der Waals surface area contributed by atoms with Gasteiger partial charge in [-0.3, -0.25) is 4.90 Å². The van der Waals surface area contributed by atoms with E-state index in [0.717, 1.165) is 5.92 Å². The van der Waals surface area contributed by atoms with Crippen LogP contribution in [-0.4, -0.2) is 49.8 Å². The molecule has 17 heavy (non-hydrogen) atoms. The zero-order valence-electron chi connectivity index (χ0n) is 11.7. The van der Waals surface area contributed by atoms with Crippen LogP contribution >= 0.6 is 0 Å². The molecule has 1 N–H and O–H groups in total. The van der Waals surface area contributed by atoms with Gasteiger partial charge in [0.1, 0.15) is 0 Å². The summed E-state index contributed by atoms with van der Waals surface area (Å²) in [6.45, 7) is 9.68. The maximum Gasteiger partial charge on any atom is 0.0595 e. The minimum atomic E-state index is 0.362. The normalized spacial score (nSPS) is 26.3. The van der Waals surface area contributed by atoms with Crippen LogP contribution < -0.4 is 5.32 Å². The summed E-state index contributed by atoms with van der Waals surface area (Å²) in [6, 6.07) is 0. The van der Waals surface area contributed by atoms with Crippen molar-refractivity contribution in [1.82, 2.24) is 10.2 Å². The molecule has 100 valence electrons. The Morgan fingerprint density at radius 2 is 1.65 bits per heavy atom. The molecule has 0 aromatic rings. The van der Waals surface area contributed by atoms with Gasteiger partial charge >= 0.3 is 0 Å². The molecule has 3 heteroatoms. The third-order valence-electron chi connectivity index (χ3n) is 4.93. The van der Waals surface area contributed by atoms with Crippen molar-refractivity contribution in [1.29, 1.82) is 0 Å². The minimum Gasteiger partial charge on any atom is -0.381 e. The van der Waals surface area contributed by atoms with E-state index in [1.807, 2.05) is 7.11 Å². The van der Waals surface area contributed by atoms with Crippen LogP contribution in [0.3, 0.4) is 0 Å². The first kappa shape index (κ1) is 13.3. The third kappa shape index (κ3) is 3.01. The molecule has 0 radical (unpaired) electrons. The number of hydrogen-bond donors (Lipinski definition) is 1. The quantitative estimate of drug-likeness (QED) is 0.815. The average Bonchev–Trinajstić information content (AvgIpc) is 2.40. The van der Waals surface area contributed by atoms with Gasteiger partial charge in [-0.05, 0) is 58.5 Å². The third-order valence-corrected chi connectivity index (χ3v) is 4.93. The van der Waals surface area contributed by atoms with E-state index >= 15 is 0 Å². The van der Waals surface area contributed by atoms with E-state index in [1.165, 1.54) is 51.9 Å². The van der Waals surface area contributed by atoms with Crippen molar-refractivity contribution in [2.45, 2.75) is 51.2 Å². The van der Waals surface area contributed by atoms with Crippen molar-refractivity contribution >= 4 is 0 Å². The summed E-state index contributed by atoms with van der Waals surface area (Å²) >= 11 is 0. The summed E-state index contributed by atoms with van der Waals surface area (Å²) in [5, 5.41) is 3.47. The smallest absolute Gasteiger partial charge is 0.0595 e. The molecule has 0 spiro atoms. The van der Waals surface area contributed by atoms with Crippen LogP contribution in [0.1, 0.15) is 39.5 Å². The molecule has 2 aliphatic rings. The minimum absolute atomic E-state index is 0.362. The van der Waals surface area contributed by atoms with Crippen LogP contribution in [0, 0.1) is 5.92 Å². The van der Waals surface area contributed by atoms with Crippen molar-refractivity contribution in [3.8, 4) is 0 Å². The van der Waals surface area contributed by atoms with E-state index in [-0.39, 0.29) is 0 Å². The summed E-state index contributed by atoms with van der Waals surface area (Å²) in [5.74, 6) is 0.850. The predicted molar refractivity (Wildman–Crippen MR) is 71.3 cm³/mol. The first-order valence-electron chi connectivity index (χ1n) is 7.13. The second-order valence-corrected chi connectivity index (χ2v) is 6.10. The van der Waals surface area contributed by atoms with Crippen LogP contribution in [0.25, 0.3) is 0 Å². The molecule has 2 saturated heterocycles. The van der Waals surface area contributed by atoms with Crippen LogP contribution in [0.2, 0.25) is 0 Å². The SMILES string of the molecule is COC1CCN(C(C)(C)C2CCNCC2)CC1. The molecule has 0 amide bonds. The highest BCUT2D eigenvalue weighted by Crippen LogP contribution is 2.33. The van der Waals surface area contributed by atoms with E-state index in [0.29, 0.717) is 11.6 Å². The lowest BCUT2D eigenvalue weighted by molar-refractivity contribution is -0.0192. The van der Waals surface area contributed by atoms with Gasteiger partial charge in [0.05, 0.1) is 6.10 Å². The number of rotatable bonds is 3. The van der Waals surface area contributed by atoms with Crippen LogP contribution in [-0.2, 0) is 4.74 Å². The molecule has 2 aliphatic heterocycles. The summed E-state index contributed by atoms with van der Waals surface area (Å²) < 4.78 is 5.46. The lowest BCUT2D eigenvalue weighted by Crippen LogP contribution is -2.55. The Kier molecular flexibility index (Phi) is 4.45. The molecular weight excluding hydrogens is 212 g/mol. The zero-order chi connectivity index (χ0) is 12.3. The van der Waals surface area contributed by atoms with Crippen LogP contribution in [0.15, 0.2) is 0 Å². The molecule has 3 nitrogen and oxygen atoms in total. The molecule has 0 aliphatic carbocycles. The van der Waals surface area contributed by atoms with Crippen LogP contribution in [0.4, 0.5) is 0 Å². The van der Waals surface area contributed by atoms with Gasteiger partial charge in [-0.1, -0.05) is 0 Å². The average molecular weight is 240 g/mol. The summed E-state index contributed by atoms with van der Waals surface area (Å²) in [7, 11) is 1.85. The van der Waals surface area contributed by atoms with Gasteiger partial charge in [0.2, 0.25) is 0 Å². The second kappa shape index (κ2) is 5.68. The van der Waals surface area contributed by atoms with Crippen LogP contribution in [0.5, 0.6) is 0 Å². The second-order valence-electron chi connectivity index (χ2n) is 6.10. The van der Waals surface area contributed by atoms with Crippen molar-refractivity contribution in [3.05, 3.63) is 0 Å². The fourth-order valence-electron chi connectivity index (χ4n) is 3.45. The summed E-state index contributed by atoms with van der Waals surface area (Å²) in [4.78, 5) is 2.69. The number of piperidine rings is 2. The standard InChI is InChI=1S/C14H28N2O/c1-14(2,12-4-8-15-9-5-12)16-10-6-13(17-3)7-11-16/h12-13,15H,4-11H2,1-3H3. The van der Waals surface area contributed by atoms with Gasteiger partial charge < -0.3 is 10.1 Å². The van der Waals surface area contributed by atoms with Gasteiger partial charge in [-0.15, -0.1) is 0 Å². The Balaban J connectivity index is 1.91. The van der Waals surface area contributed by atoms with E-state index < -0.39 is 0 Å². The zero-order valence-corrected chi connectivity index (χ0v) is 11.7. The molecular formula is C14H28N2O. The Bertz CT molecular complexity index is 228. The van der Waals surface area contributed by atoms with Crippen molar-refractivity contribution in [2.75, 3.05) is 33.3 Å². The van der Waals surface area contributed by atoms with Gasteiger partial charge in [0.15, 0.2) is 0 Å². The lowest BCUT2D eigenvalue weighted by atomic mass is 9.78. The maximum atomic E-state index is 5.46. The highest BCUT2D eigenvalue weighted by atomic mass is 16.5. The van der Waals surface area contributed by atoms with E-state index in [9.17, 15) is 0 Å². The lowest BCUT2D eigenvalue weighted by Gasteiger charge is -2.48. The number of methoxy groups -OCH3 is 1. The fraction of sp³-hybridized carbons (Fsp3) is 1.00. The largest absolute Gasteiger partial charge is 0.381 e. The van der Waals surface area contributed by atoms with E-state index in [1.54, 1.807) is 0 Å². The fourth-order valence-corrected chi connectivity index (χ4v) is 3.45. The molecule has 0 atom stereocenters. The Morgan fingerprint density at radius 3 is 2.18 bits per heavy atom. The highest BCUT2D eigenvalue weighted by molar-refractivity contribution is 4.93. The summed E-state index contributed by atoms with van der Waals surface area (Å²) in [5.41, 5.74) is 0.362. The van der Waals surface area contributed by atoms with E-state index in [4.69, 9.17) is 4.74 Å². The molecule has 0 unspecified atom stereocenters. The monoisotopic (exact) mass is 240 g/mol. The molecule has 0 aromatic heterocycles. The first-order chi connectivity index (χ1) is 8.14. The number of nitrogens with one attached hydrogen (secondary N) is 1. The predicted octanol–water partition coefficient (Wildman–Crippen LogP) is 1.88. The Morgan fingerprint density at radius 1 is 1.06 bits per heavy atom. The van der Waals surface area contributed by atoms with Gasteiger partial charge in [-0.2, -0.15) is 0 Å². The topological polar surface area (TPSA) is 24.5 Å². The number of hydrogen-bond acceptors (Lipinski definition) is 3. The van der Waals surface area contributed by atoms with E-state index in [2.05, 4.69) is 24.1 Å². The first-order valence-corrected chi connectivity index (χ1v) is 7.13. The van der Waals surface area contributed by atoms with Gasteiger partial charge in [0, 0.05) is 25.7 Å². The maximum absolute atomic E-state index is 5.46. The van der Waals surface area contributed by atoms with Crippen molar-refractivity contribution in [2.24, 2.45) is 5.92 Å². The number of ether oxygens (including phenoxy) is 1. The molecule has 0 aromatic carbocycles. The van der Waals surface area contributed by atoms with Crippen molar-refractivity contribution < 1.29 is 4.74 Å². The molecule has 2 fully saturated rings. The molecule has 2 heterocycles. The number of likely N-dealkylation sites (tertiary alicyclic amines) is 1.